The second kappa shape index (κ2) is 14.0. The molecule has 8 nitrogen and oxygen atoms in total. The summed E-state index contributed by atoms with van der Waals surface area (Å²) in [4.78, 5) is 40.1. The maximum atomic E-state index is 13.4. The number of nitrogens with zero attached hydrogens (tertiary/aromatic N) is 3. The van der Waals surface area contributed by atoms with Crippen LogP contribution in [-0.4, -0.2) is 90.3 Å². The molecule has 1 aromatic rings. The van der Waals surface area contributed by atoms with Gasteiger partial charge in [-0.25, -0.2) is 4.79 Å². The summed E-state index contributed by atoms with van der Waals surface area (Å²) in [6, 6.07) is 7.54. The van der Waals surface area contributed by atoms with Gasteiger partial charge in [0.05, 0.1) is 12.2 Å². The molecule has 2 aliphatic rings. The minimum absolute atomic E-state index is 0.0528. The summed E-state index contributed by atoms with van der Waals surface area (Å²) in [5.74, 6) is -2.58. The van der Waals surface area contributed by atoms with Crippen LogP contribution in [0.25, 0.3) is 0 Å². The number of hydrogen-bond donors (Lipinski definition) is 1. The van der Waals surface area contributed by atoms with Crippen LogP contribution < -0.4 is 4.90 Å². The monoisotopic (exact) mass is 549 g/mol. The van der Waals surface area contributed by atoms with Crippen molar-refractivity contribution in [1.82, 2.24) is 9.80 Å². The molecule has 12 heteroatoms. The zero-order chi connectivity index (χ0) is 27.8. The molecule has 2 fully saturated rings. The maximum Gasteiger partial charge on any atom is 0.490 e. The average Bonchev–Trinajstić information content (AvgIpc) is 2.80. The van der Waals surface area contributed by atoms with Gasteiger partial charge in [0.1, 0.15) is 0 Å². The number of ether oxygens (including phenoxy) is 1. The molecule has 1 aromatic carbocycles. The molecule has 0 aliphatic carbocycles. The molecule has 1 N–H and O–H groups in total. The van der Waals surface area contributed by atoms with Crippen LogP contribution in [0, 0.1) is 5.92 Å². The first-order valence-electron chi connectivity index (χ1n) is 12.3. The van der Waals surface area contributed by atoms with E-state index in [9.17, 15) is 22.8 Å². The Morgan fingerprint density at radius 3 is 2.19 bits per heavy atom. The zero-order valence-corrected chi connectivity index (χ0v) is 22.1. The first-order valence-corrected chi connectivity index (χ1v) is 12.7. The Bertz CT molecular complexity index is 915. The molecule has 0 saturated carbocycles. The van der Waals surface area contributed by atoms with E-state index in [2.05, 4.69) is 18.7 Å². The van der Waals surface area contributed by atoms with Crippen molar-refractivity contribution in [2.75, 3.05) is 44.2 Å². The molecule has 2 atom stereocenters. The molecule has 0 aromatic heterocycles. The number of morpholine rings is 1. The SMILES string of the molecule is CC(=O)N1CCC(C(=O)N(CCCN2C[C@@H](C)O[C@@H](C)C2)c2cccc(Cl)c2)CC1.O=C(O)C(F)(F)F. The largest absolute Gasteiger partial charge is 0.490 e. The summed E-state index contributed by atoms with van der Waals surface area (Å²) in [5, 5.41) is 7.76. The van der Waals surface area contributed by atoms with Crippen molar-refractivity contribution in [2.45, 2.75) is 58.4 Å². The molecule has 3 rings (SSSR count). The summed E-state index contributed by atoms with van der Waals surface area (Å²) >= 11 is 6.22. The predicted molar refractivity (Wildman–Crippen MR) is 134 cm³/mol. The Hall–Kier alpha value is -2.37. The van der Waals surface area contributed by atoms with Gasteiger partial charge in [-0.05, 0) is 51.3 Å². The lowest BCUT2D eigenvalue weighted by Gasteiger charge is -2.36. The molecule has 2 aliphatic heterocycles. The lowest BCUT2D eigenvalue weighted by Crippen LogP contribution is -2.47. The van der Waals surface area contributed by atoms with Crippen LogP contribution in [0.5, 0.6) is 0 Å². The number of carbonyl (C=O) groups is 3. The molecule has 208 valence electrons. The molecule has 0 spiro atoms. The number of rotatable bonds is 6. The lowest BCUT2D eigenvalue weighted by atomic mass is 9.94. The third-order valence-electron chi connectivity index (χ3n) is 6.27. The lowest BCUT2D eigenvalue weighted by molar-refractivity contribution is -0.192. The molecule has 2 amide bonds. The van der Waals surface area contributed by atoms with Crippen LogP contribution in [0.3, 0.4) is 0 Å². The van der Waals surface area contributed by atoms with Gasteiger partial charge in [-0.15, -0.1) is 0 Å². The highest BCUT2D eigenvalue weighted by atomic mass is 35.5. The zero-order valence-electron chi connectivity index (χ0n) is 21.3. The van der Waals surface area contributed by atoms with E-state index in [0.717, 1.165) is 31.7 Å². The number of aliphatic carboxylic acids is 1. The molecule has 0 bridgehead atoms. The first kappa shape index (κ1) is 30.9. The van der Waals surface area contributed by atoms with Crippen molar-refractivity contribution in [3.63, 3.8) is 0 Å². The van der Waals surface area contributed by atoms with Crippen molar-refractivity contribution in [2.24, 2.45) is 5.92 Å². The van der Waals surface area contributed by atoms with Crippen LogP contribution in [0.15, 0.2) is 24.3 Å². The Morgan fingerprint density at radius 1 is 1.14 bits per heavy atom. The Balaban J connectivity index is 0.000000604. The number of carbonyl (C=O) groups excluding carboxylic acids is 2. The molecule has 0 unspecified atom stereocenters. The first-order chi connectivity index (χ1) is 17.3. The normalized spacial score (nSPS) is 21.1. The Morgan fingerprint density at radius 2 is 1.70 bits per heavy atom. The minimum atomic E-state index is -5.08. The van der Waals surface area contributed by atoms with Gasteiger partial charge < -0.3 is 19.6 Å². The highest BCUT2D eigenvalue weighted by molar-refractivity contribution is 6.30. The topological polar surface area (TPSA) is 90.4 Å². The van der Waals surface area contributed by atoms with Crippen molar-refractivity contribution < 1.29 is 37.4 Å². The fourth-order valence-electron chi connectivity index (χ4n) is 4.59. The van der Waals surface area contributed by atoms with Crippen molar-refractivity contribution >= 4 is 35.1 Å². The number of amides is 2. The molecular weight excluding hydrogens is 515 g/mol. The highest BCUT2D eigenvalue weighted by Gasteiger charge is 2.38. The Kier molecular flexibility index (Phi) is 11.6. The third kappa shape index (κ3) is 10.1. The van der Waals surface area contributed by atoms with E-state index < -0.39 is 12.1 Å². The van der Waals surface area contributed by atoms with Gasteiger partial charge in [0.25, 0.3) is 0 Å². The van der Waals surface area contributed by atoms with Crippen LogP contribution in [-0.2, 0) is 19.1 Å². The van der Waals surface area contributed by atoms with E-state index in [1.54, 1.807) is 6.92 Å². The van der Waals surface area contributed by atoms with E-state index in [0.29, 0.717) is 37.5 Å². The minimum Gasteiger partial charge on any atom is -0.475 e. The van der Waals surface area contributed by atoms with Crippen molar-refractivity contribution in [3.8, 4) is 0 Å². The van der Waals surface area contributed by atoms with E-state index >= 15 is 0 Å². The molecule has 37 heavy (non-hydrogen) atoms. The second-order valence-electron chi connectivity index (χ2n) is 9.42. The number of likely N-dealkylation sites (tertiary alicyclic amines) is 1. The van der Waals surface area contributed by atoms with E-state index in [4.69, 9.17) is 26.2 Å². The van der Waals surface area contributed by atoms with Gasteiger partial charge in [-0.1, -0.05) is 17.7 Å². The number of carboxylic acid groups (broad SMARTS) is 1. The maximum absolute atomic E-state index is 13.4. The van der Waals surface area contributed by atoms with Crippen LogP contribution in [0.4, 0.5) is 18.9 Å². The van der Waals surface area contributed by atoms with Gasteiger partial charge in [0.2, 0.25) is 11.8 Å². The quantitative estimate of drug-likeness (QED) is 0.575. The number of piperidine rings is 1. The number of hydrogen-bond acceptors (Lipinski definition) is 5. The van der Waals surface area contributed by atoms with Crippen molar-refractivity contribution in [3.05, 3.63) is 29.3 Å². The van der Waals surface area contributed by atoms with E-state index in [1.165, 1.54) is 0 Å². The van der Waals surface area contributed by atoms with Gasteiger partial charge in [-0.3, -0.25) is 14.5 Å². The van der Waals surface area contributed by atoms with E-state index in [-0.39, 0.29) is 29.9 Å². The van der Waals surface area contributed by atoms with Crippen LogP contribution in [0.2, 0.25) is 5.02 Å². The summed E-state index contributed by atoms with van der Waals surface area (Å²) in [6.07, 6.45) is -2.27. The number of alkyl halides is 3. The van der Waals surface area contributed by atoms with E-state index in [1.807, 2.05) is 34.1 Å². The summed E-state index contributed by atoms with van der Waals surface area (Å²) < 4.78 is 37.6. The number of anilines is 1. The number of benzene rings is 1. The Labute approximate surface area is 220 Å². The smallest absolute Gasteiger partial charge is 0.475 e. The third-order valence-corrected chi connectivity index (χ3v) is 6.50. The highest BCUT2D eigenvalue weighted by Crippen LogP contribution is 2.26. The molecule has 0 radical (unpaired) electrons. The van der Waals surface area contributed by atoms with Crippen LogP contribution >= 0.6 is 11.6 Å². The fourth-order valence-corrected chi connectivity index (χ4v) is 4.78. The number of halogens is 4. The summed E-state index contributed by atoms with van der Waals surface area (Å²) in [6.45, 7) is 10.6. The second-order valence-corrected chi connectivity index (χ2v) is 9.86. The van der Waals surface area contributed by atoms with Crippen molar-refractivity contribution in [1.29, 1.82) is 0 Å². The summed E-state index contributed by atoms with van der Waals surface area (Å²) in [7, 11) is 0. The fraction of sp³-hybridized carbons (Fsp3) is 0.640. The van der Waals surface area contributed by atoms with Gasteiger partial charge in [0, 0.05) is 62.8 Å². The van der Waals surface area contributed by atoms with Gasteiger partial charge >= 0.3 is 12.1 Å². The predicted octanol–water partition coefficient (Wildman–Crippen LogP) is 4.06. The molecular formula is C25H35ClF3N3O5. The average molecular weight is 550 g/mol. The standard InChI is InChI=1S/C23H34ClN3O3.C2HF3O2/c1-17-15-25(16-18(2)30-17)10-5-11-27(22-7-4-6-21(24)14-22)23(29)20-8-12-26(13-9-20)19(3)28;3-2(4,5)1(6)7/h4,6-7,14,17-18,20H,5,8-13,15-16H2,1-3H3;(H,6,7)/t17-,18+;. The molecule has 2 saturated heterocycles. The molecule has 2 heterocycles. The van der Waals surface area contributed by atoms with Gasteiger partial charge in [0.15, 0.2) is 0 Å². The number of carboxylic acids is 1. The summed E-state index contributed by atoms with van der Waals surface area (Å²) in [5.41, 5.74) is 0.852. The van der Waals surface area contributed by atoms with Gasteiger partial charge in [-0.2, -0.15) is 13.2 Å². The van der Waals surface area contributed by atoms with Crippen LogP contribution in [0.1, 0.15) is 40.0 Å².